The number of aromatic amines is 1. The number of carbonyl (C=O) groups excluding carboxylic acids is 1. The van der Waals surface area contributed by atoms with E-state index in [-0.39, 0.29) is 6.42 Å². The van der Waals surface area contributed by atoms with E-state index in [1.165, 1.54) is 0 Å². The lowest BCUT2D eigenvalue weighted by Crippen LogP contribution is -2.32. The number of hydrogen-bond donors (Lipinski definition) is 3. The van der Waals surface area contributed by atoms with Crippen molar-refractivity contribution in [1.29, 1.82) is 0 Å². The Hall–Kier alpha value is -1.82. The maximum absolute atomic E-state index is 11.4. The second-order valence-corrected chi connectivity index (χ2v) is 3.70. The van der Waals surface area contributed by atoms with Gasteiger partial charge in [-0.15, -0.1) is 0 Å². The van der Waals surface area contributed by atoms with E-state index in [0.29, 0.717) is 17.9 Å². The van der Waals surface area contributed by atoms with Gasteiger partial charge in [0.1, 0.15) is 11.7 Å². The molecular formula is C11H16N2O4. The Balaban J connectivity index is 2.81. The Morgan fingerprint density at radius 3 is 2.76 bits per heavy atom. The van der Waals surface area contributed by atoms with Crippen LogP contribution in [0.4, 0.5) is 0 Å². The number of nitrogens with two attached hydrogens (primary N) is 1. The fourth-order valence-corrected chi connectivity index (χ4v) is 1.46. The molecule has 1 heterocycles. The molecule has 17 heavy (non-hydrogen) atoms. The summed E-state index contributed by atoms with van der Waals surface area (Å²) in [4.78, 5) is 24.9. The molecule has 0 fully saturated rings. The minimum atomic E-state index is -1.07. The summed E-state index contributed by atoms with van der Waals surface area (Å²) in [5.74, 6) is -1.52. The lowest BCUT2D eigenvalue weighted by molar-refractivity contribution is -0.138. The standard InChI is InChI=1S/C11H16N2O4/c1-3-17-11(16)9-5-7(6(2)13-9)4-8(12)10(14)15/h5,8,13H,3-4,12H2,1-2H3,(H,14,15). The Bertz CT molecular complexity index is 425. The molecule has 0 saturated heterocycles. The van der Waals surface area contributed by atoms with Crippen molar-refractivity contribution in [3.63, 3.8) is 0 Å². The van der Waals surface area contributed by atoms with Gasteiger partial charge in [-0.2, -0.15) is 0 Å². The Morgan fingerprint density at radius 2 is 2.24 bits per heavy atom. The molecule has 4 N–H and O–H groups in total. The van der Waals surface area contributed by atoms with Gasteiger partial charge >= 0.3 is 11.9 Å². The molecule has 1 atom stereocenters. The Morgan fingerprint density at radius 1 is 1.59 bits per heavy atom. The first-order chi connectivity index (χ1) is 7.95. The zero-order valence-corrected chi connectivity index (χ0v) is 9.82. The van der Waals surface area contributed by atoms with Crippen molar-refractivity contribution in [2.75, 3.05) is 6.61 Å². The fourth-order valence-electron chi connectivity index (χ4n) is 1.46. The predicted molar refractivity (Wildman–Crippen MR) is 60.8 cm³/mol. The summed E-state index contributed by atoms with van der Waals surface area (Å²) in [6, 6.07) is 0.607. The number of carboxylic acid groups (broad SMARTS) is 1. The van der Waals surface area contributed by atoms with Crippen LogP contribution in [0.2, 0.25) is 0 Å². The number of aromatic nitrogens is 1. The number of rotatable bonds is 5. The Labute approximate surface area is 98.8 Å². The molecule has 0 bridgehead atoms. The van der Waals surface area contributed by atoms with Crippen LogP contribution in [0.1, 0.15) is 28.7 Å². The highest BCUT2D eigenvalue weighted by molar-refractivity contribution is 5.88. The number of nitrogens with one attached hydrogen (secondary N) is 1. The molecule has 0 aliphatic heterocycles. The highest BCUT2D eigenvalue weighted by atomic mass is 16.5. The van der Waals surface area contributed by atoms with Crippen LogP contribution in [-0.2, 0) is 16.0 Å². The molecule has 0 aliphatic carbocycles. The number of carbonyl (C=O) groups is 2. The third-order valence-electron chi connectivity index (χ3n) is 2.37. The van der Waals surface area contributed by atoms with Gasteiger partial charge in [0.2, 0.25) is 0 Å². The zero-order valence-electron chi connectivity index (χ0n) is 9.82. The van der Waals surface area contributed by atoms with E-state index in [1.807, 2.05) is 0 Å². The van der Waals surface area contributed by atoms with Gasteiger partial charge in [-0.25, -0.2) is 4.79 Å². The summed E-state index contributed by atoms with van der Waals surface area (Å²) in [7, 11) is 0. The van der Waals surface area contributed by atoms with Crippen LogP contribution in [0.25, 0.3) is 0 Å². The molecule has 0 saturated carbocycles. The molecule has 94 valence electrons. The van der Waals surface area contributed by atoms with Gasteiger partial charge in [-0.1, -0.05) is 0 Å². The van der Waals surface area contributed by atoms with Crippen LogP contribution >= 0.6 is 0 Å². The van der Waals surface area contributed by atoms with Crippen molar-refractivity contribution in [2.24, 2.45) is 5.73 Å². The van der Waals surface area contributed by atoms with Gasteiger partial charge in [0.15, 0.2) is 0 Å². The molecule has 6 heteroatoms. The quantitative estimate of drug-likeness (QED) is 0.648. The third kappa shape index (κ3) is 3.32. The van der Waals surface area contributed by atoms with Crippen molar-refractivity contribution >= 4 is 11.9 Å². The van der Waals surface area contributed by atoms with Crippen molar-refractivity contribution in [3.8, 4) is 0 Å². The van der Waals surface area contributed by atoms with Crippen LogP contribution in [0, 0.1) is 6.92 Å². The summed E-state index contributed by atoms with van der Waals surface area (Å²) in [6.45, 7) is 3.77. The molecule has 0 radical (unpaired) electrons. The maximum Gasteiger partial charge on any atom is 0.354 e. The van der Waals surface area contributed by atoms with E-state index in [2.05, 4.69) is 4.98 Å². The van der Waals surface area contributed by atoms with E-state index in [4.69, 9.17) is 15.6 Å². The molecule has 1 unspecified atom stereocenters. The first-order valence-electron chi connectivity index (χ1n) is 5.29. The number of aryl methyl sites for hydroxylation is 1. The van der Waals surface area contributed by atoms with Gasteiger partial charge in [0, 0.05) is 12.1 Å². The van der Waals surface area contributed by atoms with Gasteiger partial charge in [-0.3, -0.25) is 4.79 Å². The van der Waals surface area contributed by atoms with Gasteiger partial charge in [0.25, 0.3) is 0 Å². The fraction of sp³-hybridized carbons (Fsp3) is 0.455. The van der Waals surface area contributed by atoms with E-state index in [9.17, 15) is 9.59 Å². The van der Waals surface area contributed by atoms with Crippen molar-refractivity contribution in [2.45, 2.75) is 26.3 Å². The van der Waals surface area contributed by atoms with Gasteiger partial charge in [0.05, 0.1) is 6.61 Å². The largest absolute Gasteiger partial charge is 0.480 e. The Kier molecular flexibility index (Phi) is 4.28. The predicted octanol–water partition coefficient (Wildman–Crippen LogP) is 0.454. The SMILES string of the molecule is CCOC(=O)c1cc(CC(N)C(=O)O)c(C)[nH]1. The van der Waals surface area contributed by atoms with Crippen molar-refractivity contribution in [3.05, 3.63) is 23.0 Å². The number of esters is 1. The van der Waals surface area contributed by atoms with E-state index in [0.717, 1.165) is 5.69 Å². The smallest absolute Gasteiger partial charge is 0.354 e. The molecule has 1 aromatic rings. The third-order valence-corrected chi connectivity index (χ3v) is 2.37. The summed E-state index contributed by atoms with van der Waals surface area (Å²) in [6.07, 6.45) is 0.178. The van der Waals surface area contributed by atoms with Gasteiger partial charge in [-0.05, 0) is 25.5 Å². The van der Waals surface area contributed by atoms with Crippen LogP contribution in [0.15, 0.2) is 6.07 Å². The lowest BCUT2D eigenvalue weighted by atomic mass is 10.1. The van der Waals surface area contributed by atoms with E-state index >= 15 is 0 Å². The first kappa shape index (κ1) is 13.2. The summed E-state index contributed by atoms with van der Waals surface area (Å²) >= 11 is 0. The molecule has 6 nitrogen and oxygen atoms in total. The molecule has 0 aliphatic rings. The van der Waals surface area contributed by atoms with Crippen molar-refractivity contribution < 1.29 is 19.4 Å². The van der Waals surface area contributed by atoms with Crippen LogP contribution in [0.5, 0.6) is 0 Å². The normalized spacial score (nSPS) is 12.2. The number of carboxylic acids is 1. The average molecular weight is 240 g/mol. The van der Waals surface area contributed by atoms with Gasteiger partial charge < -0.3 is 20.6 Å². The molecule has 0 spiro atoms. The number of H-pyrrole nitrogens is 1. The van der Waals surface area contributed by atoms with Crippen molar-refractivity contribution in [1.82, 2.24) is 4.98 Å². The topological polar surface area (TPSA) is 105 Å². The average Bonchev–Trinajstić information content (AvgIpc) is 2.60. The van der Waals surface area contributed by atoms with Crippen LogP contribution < -0.4 is 5.73 Å². The number of aliphatic carboxylic acids is 1. The monoisotopic (exact) mass is 240 g/mol. The molecule has 1 aromatic heterocycles. The summed E-state index contributed by atoms with van der Waals surface area (Å²) in [5.41, 5.74) is 7.19. The van der Waals surface area contributed by atoms with Crippen LogP contribution in [0.3, 0.4) is 0 Å². The number of ether oxygens (including phenoxy) is 1. The highest BCUT2D eigenvalue weighted by Crippen LogP contribution is 2.13. The van der Waals surface area contributed by atoms with Crippen LogP contribution in [-0.4, -0.2) is 34.7 Å². The van der Waals surface area contributed by atoms with E-state index < -0.39 is 18.0 Å². The minimum absolute atomic E-state index is 0.178. The maximum atomic E-state index is 11.4. The first-order valence-corrected chi connectivity index (χ1v) is 5.29. The zero-order chi connectivity index (χ0) is 13.0. The van der Waals surface area contributed by atoms with E-state index in [1.54, 1.807) is 19.9 Å². The summed E-state index contributed by atoms with van der Waals surface area (Å²) < 4.78 is 4.83. The minimum Gasteiger partial charge on any atom is -0.480 e. The molecule has 1 rings (SSSR count). The second-order valence-electron chi connectivity index (χ2n) is 3.70. The highest BCUT2D eigenvalue weighted by Gasteiger charge is 2.17. The second kappa shape index (κ2) is 5.49. The number of hydrogen-bond acceptors (Lipinski definition) is 4. The molecule has 0 aromatic carbocycles. The lowest BCUT2D eigenvalue weighted by Gasteiger charge is -2.04. The molecular weight excluding hydrogens is 224 g/mol. The molecule has 0 amide bonds. The summed E-state index contributed by atoms with van der Waals surface area (Å²) in [5, 5.41) is 8.71.